The summed E-state index contributed by atoms with van der Waals surface area (Å²) in [5, 5.41) is 0. The van der Waals surface area contributed by atoms with E-state index in [2.05, 4.69) is 48.5 Å². The van der Waals surface area contributed by atoms with E-state index in [0.717, 1.165) is 6.61 Å². The average Bonchev–Trinajstić information content (AvgIpc) is 1.81. The van der Waals surface area contributed by atoms with Crippen LogP contribution in [0.1, 0.15) is 48.5 Å². The normalized spacial score (nSPS) is 15.5. The molecule has 0 radical (unpaired) electrons. The molecule has 0 aromatic carbocycles. The van der Waals surface area contributed by atoms with E-state index in [1.807, 2.05) is 0 Å². The van der Waals surface area contributed by atoms with Crippen molar-refractivity contribution in [2.45, 2.75) is 54.6 Å². The van der Waals surface area contributed by atoms with Gasteiger partial charge in [0.2, 0.25) is 0 Å². The first-order chi connectivity index (χ1) is 5.75. The highest BCUT2D eigenvalue weighted by molar-refractivity contribution is 4.76. The fourth-order valence-electron chi connectivity index (χ4n) is 1.74. The number of ether oxygens (including phenoxy) is 1. The van der Waals surface area contributed by atoms with Crippen LogP contribution in [-0.4, -0.2) is 12.7 Å². The van der Waals surface area contributed by atoms with Gasteiger partial charge in [-0.2, -0.15) is 0 Å². The SMILES string of the molecule is CC(C)OCC(C(C)C)C(C)(C)C. The summed E-state index contributed by atoms with van der Waals surface area (Å²) in [7, 11) is 0. The molecule has 0 aromatic rings. The first-order valence-corrected chi connectivity index (χ1v) is 5.36. The molecule has 0 aliphatic carbocycles. The van der Waals surface area contributed by atoms with Crippen molar-refractivity contribution in [2.24, 2.45) is 17.3 Å². The molecule has 0 amide bonds. The fourth-order valence-corrected chi connectivity index (χ4v) is 1.74. The molecule has 1 heteroatoms. The molecule has 1 atom stereocenters. The van der Waals surface area contributed by atoms with Gasteiger partial charge < -0.3 is 4.74 Å². The van der Waals surface area contributed by atoms with Crippen LogP contribution in [0.25, 0.3) is 0 Å². The van der Waals surface area contributed by atoms with E-state index in [4.69, 9.17) is 4.74 Å². The van der Waals surface area contributed by atoms with E-state index in [0.29, 0.717) is 23.4 Å². The van der Waals surface area contributed by atoms with E-state index in [1.165, 1.54) is 0 Å². The maximum atomic E-state index is 5.69. The summed E-state index contributed by atoms with van der Waals surface area (Å²) in [4.78, 5) is 0. The molecule has 0 heterocycles. The maximum Gasteiger partial charge on any atom is 0.0519 e. The molecule has 0 saturated heterocycles. The number of rotatable bonds is 4. The number of hydrogen-bond acceptors (Lipinski definition) is 1. The van der Waals surface area contributed by atoms with Crippen molar-refractivity contribution < 1.29 is 4.74 Å². The molecule has 0 fully saturated rings. The molecule has 1 nitrogen and oxygen atoms in total. The van der Waals surface area contributed by atoms with Crippen LogP contribution in [0.4, 0.5) is 0 Å². The summed E-state index contributed by atoms with van der Waals surface area (Å²) >= 11 is 0. The van der Waals surface area contributed by atoms with Crippen LogP contribution >= 0.6 is 0 Å². The molecule has 0 aromatic heterocycles. The van der Waals surface area contributed by atoms with Gasteiger partial charge in [-0.15, -0.1) is 0 Å². The molecule has 0 aliphatic rings. The average molecular weight is 186 g/mol. The van der Waals surface area contributed by atoms with E-state index in [1.54, 1.807) is 0 Å². The Labute approximate surface area is 83.9 Å². The Kier molecular flexibility index (Phi) is 4.98. The van der Waals surface area contributed by atoms with Crippen molar-refractivity contribution in [3.05, 3.63) is 0 Å². The molecule has 1 unspecified atom stereocenters. The van der Waals surface area contributed by atoms with Crippen LogP contribution in [-0.2, 0) is 4.74 Å². The number of hydrogen-bond donors (Lipinski definition) is 0. The van der Waals surface area contributed by atoms with Gasteiger partial charge in [0, 0.05) is 0 Å². The Bertz CT molecular complexity index is 131. The zero-order valence-corrected chi connectivity index (χ0v) is 10.3. The molecule has 0 aliphatic heterocycles. The van der Waals surface area contributed by atoms with Crippen LogP contribution in [0.15, 0.2) is 0 Å². The molecule has 0 saturated carbocycles. The molecule has 13 heavy (non-hydrogen) atoms. The standard InChI is InChI=1S/C12H26O/c1-9(2)11(12(5,6)7)8-13-10(3)4/h9-11H,8H2,1-7H3. The van der Waals surface area contributed by atoms with Crippen molar-refractivity contribution >= 4 is 0 Å². The second-order valence-corrected chi connectivity index (χ2v) is 5.60. The van der Waals surface area contributed by atoms with Crippen molar-refractivity contribution in [1.82, 2.24) is 0 Å². The molecule has 0 spiro atoms. The highest BCUT2D eigenvalue weighted by atomic mass is 16.5. The van der Waals surface area contributed by atoms with Crippen molar-refractivity contribution in [3.63, 3.8) is 0 Å². The van der Waals surface area contributed by atoms with E-state index in [-0.39, 0.29) is 0 Å². The van der Waals surface area contributed by atoms with Crippen LogP contribution in [0.3, 0.4) is 0 Å². The predicted octanol–water partition coefficient (Wildman–Crippen LogP) is 3.73. The predicted molar refractivity (Wildman–Crippen MR) is 58.9 cm³/mol. The lowest BCUT2D eigenvalue weighted by atomic mass is 9.75. The minimum atomic E-state index is 0.350. The first kappa shape index (κ1) is 13.0. The quantitative estimate of drug-likeness (QED) is 0.650. The molecular weight excluding hydrogens is 160 g/mol. The van der Waals surface area contributed by atoms with Gasteiger partial charge in [-0.25, -0.2) is 0 Å². The molecule has 80 valence electrons. The van der Waals surface area contributed by atoms with E-state index in [9.17, 15) is 0 Å². The summed E-state index contributed by atoms with van der Waals surface area (Å²) < 4.78 is 5.69. The van der Waals surface area contributed by atoms with Crippen molar-refractivity contribution in [1.29, 1.82) is 0 Å². The van der Waals surface area contributed by atoms with Crippen LogP contribution in [0, 0.1) is 17.3 Å². The van der Waals surface area contributed by atoms with E-state index < -0.39 is 0 Å². The maximum absolute atomic E-state index is 5.69. The first-order valence-electron chi connectivity index (χ1n) is 5.36. The van der Waals surface area contributed by atoms with E-state index >= 15 is 0 Å². The van der Waals surface area contributed by atoms with Gasteiger partial charge in [0.25, 0.3) is 0 Å². The summed E-state index contributed by atoms with van der Waals surface area (Å²) in [6.45, 7) is 16.5. The van der Waals surface area contributed by atoms with Gasteiger partial charge in [0.1, 0.15) is 0 Å². The lowest BCUT2D eigenvalue weighted by molar-refractivity contribution is 0.00148. The lowest BCUT2D eigenvalue weighted by Gasteiger charge is -2.34. The highest BCUT2D eigenvalue weighted by Crippen LogP contribution is 2.32. The van der Waals surface area contributed by atoms with Gasteiger partial charge in [-0.05, 0) is 31.1 Å². The summed E-state index contributed by atoms with van der Waals surface area (Å²) in [5.41, 5.74) is 0.350. The van der Waals surface area contributed by atoms with Gasteiger partial charge in [0.05, 0.1) is 12.7 Å². The molecule has 0 bridgehead atoms. The third-order valence-electron chi connectivity index (χ3n) is 2.53. The third-order valence-corrected chi connectivity index (χ3v) is 2.53. The second-order valence-electron chi connectivity index (χ2n) is 5.60. The smallest absolute Gasteiger partial charge is 0.0519 e. The highest BCUT2D eigenvalue weighted by Gasteiger charge is 2.27. The summed E-state index contributed by atoms with van der Waals surface area (Å²) in [6, 6.07) is 0. The minimum Gasteiger partial charge on any atom is -0.378 e. The Morgan fingerprint density at radius 1 is 1.00 bits per heavy atom. The topological polar surface area (TPSA) is 9.23 Å². The van der Waals surface area contributed by atoms with Gasteiger partial charge in [-0.3, -0.25) is 0 Å². The Hall–Kier alpha value is -0.0400. The van der Waals surface area contributed by atoms with Crippen molar-refractivity contribution in [2.75, 3.05) is 6.61 Å². The largest absolute Gasteiger partial charge is 0.378 e. The van der Waals surface area contributed by atoms with Gasteiger partial charge in [-0.1, -0.05) is 34.6 Å². The Balaban J connectivity index is 4.12. The lowest BCUT2D eigenvalue weighted by Crippen LogP contribution is -2.30. The Morgan fingerprint density at radius 3 is 1.69 bits per heavy atom. The fraction of sp³-hybridized carbons (Fsp3) is 1.00. The van der Waals surface area contributed by atoms with Crippen LogP contribution < -0.4 is 0 Å². The monoisotopic (exact) mass is 186 g/mol. The zero-order valence-electron chi connectivity index (χ0n) is 10.3. The molecular formula is C12H26O. The molecule has 0 rings (SSSR count). The summed E-state index contributed by atoms with van der Waals surface area (Å²) in [6.07, 6.45) is 0.351. The summed E-state index contributed by atoms with van der Waals surface area (Å²) in [5.74, 6) is 1.34. The van der Waals surface area contributed by atoms with Gasteiger partial charge >= 0.3 is 0 Å². The Morgan fingerprint density at radius 2 is 1.46 bits per heavy atom. The van der Waals surface area contributed by atoms with Crippen LogP contribution in [0.5, 0.6) is 0 Å². The zero-order chi connectivity index (χ0) is 10.6. The minimum absolute atomic E-state index is 0.350. The third kappa shape index (κ3) is 5.30. The second kappa shape index (κ2) is 4.99. The van der Waals surface area contributed by atoms with Crippen molar-refractivity contribution in [3.8, 4) is 0 Å². The van der Waals surface area contributed by atoms with Gasteiger partial charge in [0.15, 0.2) is 0 Å². The molecule has 0 N–H and O–H groups in total. The van der Waals surface area contributed by atoms with Crippen LogP contribution in [0.2, 0.25) is 0 Å².